The molecule has 0 bridgehead atoms. The number of benzene rings is 2. The van der Waals surface area contributed by atoms with Crippen molar-refractivity contribution in [1.82, 2.24) is 0 Å². The van der Waals surface area contributed by atoms with Crippen molar-refractivity contribution in [3.63, 3.8) is 0 Å². The average molecular weight is 461 g/mol. The molecule has 1 aromatic heterocycles. The largest absolute Gasteiger partial charge is 0.456 e. The molecular formula is C20H10ClFN2O4S2. The lowest BCUT2D eigenvalue weighted by Crippen LogP contribution is -2.27. The van der Waals surface area contributed by atoms with Crippen molar-refractivity contribution < 1.29 is 18.5 Å². The second-order valence-electron chi connectivity index (χ2n) is 6.12. The first kappa shape index (κ1) is 20.3. The number of nitrogens with zero attached hydrogens (tertiary/aromatic N) is 2. The zero-order valence-electron chi connectivity index (χ0n) is 14.9. The summed E-state index contributed by atoms with van der Waals surface area (Å²) in [4.78, 5) is 25.1. The number of thioether (sulfide) groups is 1. The Hall–Kier alpha value is -3.01. The van der Waals surface area contributed by atoms with Gasteiger partial charge in [0.1, 0.15) is 17.3 Å². The minimum absolute atomic E-state index is 0.194. The molecule has 30 heavy (non-hydrogen) atoms. The highest BCUT2D eigenvalue weighted by Gasteiger charge is 2.33. The number of hydrogen-bond acceptors (Lipinski definition) is 6. The van der Waals surface area contributed by atoms with E-state index in [1.54, 1.807) is 18.2 Å². The van der Waals surface area contributed by atoms with Crippen molar-refractivity contribution >= 4 is 63.3 Å². The highest BCUT2D eigenvalue weighted by atomic mass is 35.5. The van der Waals surface area contributed by atoms with E-state index >= 15 is 0 Å². The summed E-state index contributed by atoms with van der Waals surface area (Å²) >= 11 is 12.2. The van der Waals surface area contributed by atoms with Gasteiger partial charge in [-0.2, -0.15) is 0 Å². The van der Waals surface area contributed by atoms with Crippen LogP contribution in [0.2, 0.25) is 5.02 Å². The second kappa shape index (κ2) is 8.02. The molecule has 1 aliphatic heterocycles. The molecular weight excluding hydrogens is 451 g/mol. The number of nitro benzene ring substituents is 1. The van der Waals surface area contributed by atoms with Crippen LogP contribution in [0, 0.1) is 15.9 Å². The van der Waals surface area contributed by atoms with Crippen LogP contribution in [-0.4, -0.2) is 15.2 Å². The second-order valence-corrected chi connectivity index (χ2v) is 8.23. The Morgan fingerprint density at radius 2 is 2.00 bits per heavy atom. The van der Waals surface area contributed by atoms with Crippen LogP contribution in [-0.2, 0) is 4.79 Å². The molecule has 2 heterocycles. The Balaban J connectivity index is 1.65. The van der Waals surface area contributed by atoms with Gasteiger partial charge in [0, 0.05) is 17.2 Å². The van der Waals surface area contributed by atoms with Gasteiger partial charge in [-0.25, -0.2) is 4.39 Å². The summed E-state index contributed by atoms with van der Waals surface area (Å²) in [5.41, 5.74) is 0.398. The molecule has 0 radical (unpaired) electrons. The lowest BCUT2D eigenvalue weighted by Gasteiger charge is -2.14. The Morgan fingerprint density at radius 3 is 2.73 bits per heavy atom. The monoisotopic (exact) mass is 460 g/mol. The van der Waals surface area contributed by atoms with Gasteiger partial charge in [0.2, 0.25) is 0 Å². The van der Waals surface area contributed by atoms with E-state index in [1.165, 1.54) is 47.4 Å². The molecule has 2 aromatic carbocycles. The van der Waals surface area contributed by atoms with Crippen molar-refractivity contribution in [1.29, 1.82) is 0 Å². The van der Waals surface area contributed by atoms with E-state index in [1.807, 2.05) is 0 Å². The number of halogens is 2. The van der Waals surface area contributed by atoms with E-state index < -0.39 is 16.6 Å². The van der Waals surface area contributed by atoms with Crippen molar-refractivity contribution in [2.75, 3.05) is 4.90 Å². The first-order valence-electron chi connectivity index (χ1n) is 8.41. The average Bonchev–Trinajstić information content (AvgIpc) is 3.26. The molecule has 1 fully saturated rings. The predicted molar refractivity (Wildman–Crippen MR) is 118 cm³/mol. The third kappa shape index (κ3) is 3.87. The zero-order chi connectivity index (χ0) is 21.4. The summed E-state index contributed by atoms with van der Waals surface area (Å²) in [7, 11) is 0. The SMILES string of the molecule is O=C1/C(=C/c2ccc(-c3ccc(Cl)cc3[N+](=O)[O-])o2)SC(=S)N1c1cccc(F)c1. The number of nitro groups is 1. The van der Waals surface area contributed by atoms with Crippen LogP contribution < -0.4 is 4.90 Å². The lowest BCUT2D eigenvalue weighted by molar-refractivity contribution is -0.384. The van der Waals surface area contributed by atoms with E-state index in [2.05, 4.69) is 0 Å². The summed E-state index contributed by atoms with van der Waals surface area (Å²) < 4.78 is 19.5. The van der Waals surface area contributed by atoms with Crippen LogP contribution >= 0.6 is 35.6 Å². The van der Waals surface area contributed by atoms with Gasteiger partial charge in [-0.15, -0.1) is 0 Å². The summed E-state index contributed by atoms with van der Waals surface area (Å²) in [5.74, 6) is -0.323. The summed E-state index contributed by atoms with van der Waals surface area (Å²) in [6.07, 6.45) is 1.49. The van der Waals surface area contributed by atoms with Crippen LogP contribution in [0.25, 0.3) is 17.4 Å². The Kier molecular flexibility index (Phi) is 5.42. The summed E-state index contributed by atoms with van der Waals surface area (Å²) in [5, 5.41) is 11.5. The number of amides is 1. The number of thiocarbonyl (C=S) groups is 1. The van der Waals surface area contributed by atoms with Crippen molar-refractivity contribution in [3.05, 3.63) is 86.2 Å². The standard InChI is InChI=1S/C20H10ClFN2O4S2/c21-11-4-6-15(16(8-11)24(26)27)17-7-5-14(28-17)10-18-19(25)23(20(29)30-18)13-3-1-2-12(22)9-13/h1-10H/b18-10-. The fraction of sp³-hybridized carbons (Fsp3) is 0. The molecule has 0 atom stereocenters. The van der Waals surface area contributed by atoms with Crippen LogP contribution in [0.3, 0.4) is 0 Å². The minimum Gasteiger partial charge on any atom is -0.456 e. The van der Waals surface area contributed by atoms with Crippen LogP contribution in [0.4, 0.5) is 15.8 Å². The molecule has 0 aliphatic carbocycles. The fourth-order valence-corrected chi connectivity index (χ4v) is 4.32. The molecule has 0 spiro atoms. The quantitative estimate of drug-likeness (QED) is 0.204. The number of furan rings is 1. The first-order chi connectivity index (χ1) is 14.3. The molecule has 1 aliphatic rings. The van der Waals surface area contributed by atoms with E-state index in [0.717, 1.165) is 11.8 Å². The molecule has 10 heteroatoms. The Morgan fingerprint density at radius 1 is 1.20 bits per heavy atom. The minimum atomic E-state index is -0.548. The van der Waals surface area contributed by atoms with Gasteiger partial charge in [-0.05, 0) is 42.5 Å². The number of carbonyl (C=O) groups excluding carboxylic acids is 1. The molecule has 6 nitrogen and oxygen atoms in total. The third-order valence-electron chi connectivity index (χ3n) is 4.18. The molecule has 1 amide bonds. The van der Waals surface area contributed by atoms with E-state index in [4.69, 9.17) is 28.2 Å². The highest BCUT2D eigenvalue weighted by molar-refractivity contribution is 8.27. The van der Waals surface area contributed by atoms with Crippen LogP contribution in [0.5, 0.6) is 0 Å². The van der Waals surface area contributed by atoms with E-state index in [9.17, 15) is 19.3 Å². The molecule has 0 unspecified atom stereocenters. The van der Waals surface area contributed by atoms with Crippen molar-refractivity contribution in [3.8, 4) is 11.3 Å². The molecule has 3 aromatic rings. The van der Waals surface area contributed by atoms with Crippen molar-refractivity contribution in [2.24, 2.45) is 0 Å². The van der Waals surface area contributed by atoms with Gasteiger partial charge in [0.15, 0.2) is 4.32 Å². The Labute approximate surface area is 184 Å². The molecule has 4 rings (SSSR count). The molecule has 0 N–H and O–H groups in total. The summed E-state index contributed by atoms with van der Waals surface area (Å²) in [6.45, 7) is 0. The molecule has 150 valence electrons. The zero-order valence-corrected chi connectivity index (χ0v) is 17.3. The van der Waals surface area contributed by atoms with E-state index in [0.29, 0.717) is 11.4 Å². The van der Waals surface area contributed by atoms with Gasteiger partial charge in [-0.1, -0.05) is 41.6 Å². The number of rotatable bonds is 4. The first-order valence-corrected chi connectivity index (χ1v) is 10.0. The normalized spacial score (nSPS) is 15.3. The van der Waals surface area contributed by atoms with Crippen LogP contribution in [0.15, 0.2) is 63.9 Å². The van der Waals surface area contributed by atoms with Crippen molar-refractivity contribution in [2.45, 2.75) is 0 Å². The maximum absolute atomic E-state index is 13.5. The van der Waals surface area contributed by atoms with Gasteiger partial charge in [-0.3, -0.25) is 19.8 Å². The number of carbonyl (C=O) groups is 1. The maximum atomic E-state index is 13.5. The summed E-state index contributed by atoms with van der Waals surface area (Å²) in [6, 6.07) is 13.0. The van der Waals surface area contributed by atoms with E-state index in [-0.39, 0.29) is 31.3 Å². The topological polar surface area (TPSA) is 76.6 Å². The van der Waals surface area contributed by atoms with Gasteiger partial charge in [0.25, 0.3) is 11.6 Å². The molecule has 1 saturated heterocycles. The van der Waals surface area contributed by atoms with Gasteiger partial charge < -0.3 is 4.42 Å². The fourth-order valence-electron chi connectivity index (χ4n) is 2.87. The van der Waals surface area contributed by atoms with Gasteiger partial charge in [0.05, 0.1) is 21.1 Å². The molecule has 0 saturated carbocycles. The van der Waals surface area contributed by atoms with Crippen LogP contribution in [0.1, 0.15) is 5.76 Å². The maximum Gasteiger partial charge on any atom is 0.281 e. The highest BCUT2D eigenvalue weighted by Crippen LogP contribution is 2.38. The number of anilines is 1. The smallest absolute Gasteiger partial charge is 0.281 e. The Bertz CT molecular complexity index is 1240. The van der Waals surface area contributed by atoms with Gasteiger partial charge >= 0.3 is 0 Å². The predicted octanol–water partition coefficient (Wildman–Crippen LogP) is 6.05. The third-order valence-corrected chi connectivity index (χ3v) is 5.72. The number of hydrogen-bond donors (Lipinski definition) is 0. The lowest BCUT2D eigenvalue weighted by atomic mass is 10.1.